The van der Waals surface area contributed by atoms with Crippen molar-refractivity contribution in [1.29, 1.82) is 0 Å². The highest BCUT2D eigenvalue weighted by atomic mass is 32.1. The van der Waals surface area contributed by atoms with Gasteiger partial charge >= 0.3 is 5.97 Å². The highest BCUT2D eigenvalue weighted by Gasteiger charge is 2.43. The predicted octanol–water partition coefficient (Wildman–Crippen LogP) is 5.56. The van der Waals surface area contributed by atoms with E-state index in [-0.39, 0.29) is 29.0 Å². The number of thiophene rings is 1. The zero-order chi connectivity index (χ0) is 27.6. The van der Waals surface area contributed by atoms with Gasteiger partial charge in [-0.25, -0.2) is 4.79 Å². The third-order valence-electron chi connectivity index (χ3n) is 6.30. The molecule has 9 heteroatoms. The molecule has 1 aliphatic rings. The van der Waals surface area contributed by atoms with Crippen LogP contribution >= 0.6 is 11.3 Å². The van der Waals surface area contributed by atoms with Crippen molar-refractivity contribution < 1.29 is 28.7 Å². The molecule has 0 saturated heterocycles. The van der Waals surface area contributed by atoms with Crippen molar-refractivity contribution in [3.63, 3.8) is 0 Å². The molecule has 0 saturated carbocycles. The highest BCUT2D eigenvalue weighted by molar-refractivity contribution is 7.17. The molecule has 0 bridgehead atoms. The van der Waals surface area contributed by atoms with E-state index in [1.807, 2.05) is 52.0 Å². The maximum absolute atomic E-state index is 13.7. The summed E-state index contributed by atoms with van der Waals surface area (Å²) in [6, 6.07) is 12.8. The average Bonchev–Trinajstić information content (AvgIpc) is 3.35. The van der Waals surface area contributed by atoms with E-state index in [2.05, 4.69) is 5.32 Å². The number of rotatable bonds is 9. The predicted molar refractivity (Wildman–Crippen MR) is 146 cm³/mol. The van der Waals surface area contributed by atoms with Gasteiger partial charge < -0.3 is 14.8 Å². The van der Waals surface area contributed by atoms with E-state index >= 15 is 0 Å². The summed E-state index contributed by atoms with van der Waals surface area (Å²) in [5.41, 5.74) is 2.18. The van der Waals surface area contributed by atoms with Gasteiger partial charge in [-0.15, -0.1) is 11.3 Å². The van der Waals surface area contributed by atoms with Crippen LogP contribution in [0, 0.1) is 12.8 Å². The van der Waals surface area contributed by atoms with Crippen molar-refractivity contribution in [2.45, 2.75) is 40.2 Å². The number of hydrogen-bond acceptors (Lipinski definition) is 7. The summed E-state index contributed by atoms with van der Waals surface area (Å²) in [7, 11) is 1.28. The van der Waals surface area contributed by atoms with Crippen molar-refractivity contribution in [2.24, 2.45) is 5.92 Å². The summed E-state index contributed by atoms with van der Waals surface area (Å²) in [4.78, 5) is 54.8. The number of aryl methyl sites for hydroxylation is 1. The van der Waals surface area contributed by atoms with Crippen molar-refractivity contribution in [3.05, 3.63) is 70.1 Å². The smallest absolute Gasteiger partial charge is 0.341 e. The van der Waals surface area contributed by atoms with Crippen molar-refractivity contribution in [3.8, 4) is 16.9 Å². The monoisotopic (exact) mass is 534 g/mol. The summed E-state index contributed by atoms with van der Waals surface area (Å²) in [6.45, 7) is 8.12. The Labute approximate surface area is 225 Å². The molecule has 8 nitrogen and oxygen atoms in total. The molecule has 3 amide bonds. The van der Waals surface area contributed by atoms with Crippen molar-refractivity contribution in [2.75, 3.05) is 19.0 Å². The lowest BCUT2D eigenvalue weighted by Crippen LogP contribution is -2.48. The Balaban J connectivity index is 1.71. The lowest BCUT2D eigenvalue weighted by atomic mass is 10.00. The maximum atomic E-state index is 13.7. The van der Waals surface area contributed by atoms with Gasteiger partial charge in [-0.05, 0) is 56.0 Å². The number of benzene rings is 2. The first-order valence-corrected chi connectivity index (χ1v) is 13.2. The quantitative estimate of drug-likeness (QED) is 0.285. The molecule has 0 aliphatic carbocycles. The molecule has 1 N–H and O–H groups in total. The van der Waals surface area contributed by atoms with Crippen LogP contribution in [-0.2, 0) is 9.53 Å². The molecule has 1 aliphatic heterocycles. The molecule has 4 rings (SSSR count). The van der Waals surface area contributed by atoms with Crippen LogP contribution in [-0.4, -0.2) is 48.3 Å². The van der Waals surface area contributed by atoms with Gasteiger partial charge in [0.05, 0.1) is 24.8 Å². The minimum absolute atomic E-state index is 0.0135. The number of hydrogen-bond donors (Lipinski definition) is 1. The highest BCUT2D eigenvalue weighted by Crippen LogP contribution is 2.41. The molecular formula is C29H30N2O6S. The van der Waals surface area contributed by atoms with Gasteiger partial charge in [0.1, 0.15) is 22.4 Å². The number of fused-ring (bicyclic) bond motifs is 1. The molecule has 0 radical (unpaired) electrons. The lowest BCUT2D eigenvalue weighted by Gasteiger charge is -2.26. The van der Waals surface area contributed by atoms with Crippen LogP contribution in [0.2, 0.25) is 0 Å². The van der Waals surface area contributed by atoms with Crippen LogP contribution in [0.5, 0.6) is 5.75 Å². The minimum atomic E-state index is -1.05. The Hall–Kier alpha value is -3.98. The Bertz CT molecular complexity index is 1360. The summed E-state index contributed by atoms with van der Waals surface area (Å²) in [5.74, 6) is -1.43. The molecule has 0 fully saturated rings. The number of imide groups is 1. The van der Waals surface area contributed by atoms with Crippen LogP contribution in [0.15, 0.2) is 48.5 Å². The van der Waals surface area contributed by atoms with Crippen molar-refractivity contribution >= 4 is 40.0 Å². The van der Waals surface area contributed by atoms with E-state index in [4.69, 9.17) is 9.47 Å². The third kappa shape index (κ3) is 5.06. The first-order valence-electron chi connectivity index (χ1n) is 12.4. The third-order valence-corrected chi connectivity index (χ3v) is 7.32. The van der Waals surface area contributed by atoms with Crippen LogP contribution in [0.3, 0.4) is 0 Å². The zero-order valence-corrected chi connectivity index (χ0v) is 22.8. The molecule has 198 valence electrons. The second kappa shape index (κ2) is 11.2. The van der Waals surface area contributed by atoms with Crippen LogP contribution in [0.25, 0.3) is 11.1 Å². The van der Waals surface area contributed by atoms with Gasteiger partial charge in [0.25, 0.3) is 11.8 Å². The number of methoxy groups -OCH3 is 1. The standard InChI is InChI=1S/C29H30N2O6S/c1-6-37-19-13-11-18(12-14-19)23-17(4)38-26(24(23)29(35)36-5)30-25(32)22(15-16(2)3)31-27(33)20-9-7-8-10-21(20)28(31)34/h7-14,16,22H,6,15H2,1-5H3,(H,30,32)/t22-/m1/s1. The number of carbonyl (C=O) groups excluding carboxylic acids is 4. The first kappa shape index (κ1) is 27.1. The maximum Gasteiger partial charge on any atom is 0.341 e. The van der Waals surface area contributed by atoms with Gasteiger partial charge in [-0.3, -0.25) is 19.3 Å². The topological polar surface area (TPSA) is 102 Å². The summed E-state index contributed by atoms with van der Waals surface area (Å²) in [5, 5.41) is 3.15. The second-order valence-electron chi connectivity index (χ2n) is 9.35. The number of nitrogens with one attached hydrogen (secondary N) is 1. The Kier molecular flexibility index (Phi) is 7.97. The van der Waals surface area contributed by atoms with Crippen molar-refractivity contribution in [1.82, 2.24) is 4.90 Å². The number of anilines is 1. The molecule has 1 aromatic heterocycles. The Morgan fingerprint density at radius 2 is 1.61 bits per heavy atom. The fourth-order valence-corrected chi connectivity index (χ4v) is 5.69. The van der Waals surface area contributed by atoms with Crippen LogP contribution in [0.4, 0.5) is 5.00 Å². The van der Waals surface area contributed by atoms with Gasteiger partial charge in [-0.2, -0.15) is 0 Å². The molecule has 38 heavy (non-hydrogen) atoms. The van der Waals surface area contributed by atoms with Crippen LogP contribution in [0.1, 0.15) is 63.1 Å². The van der Waals surface area contributed by atoms with E-state index < -0.39 is 29.7 Å². The number of nitrogens with zero attached hydrogens (tertiary/aromatic N) is 1. The molecule has 2 aromatic carbocycles. The molecule has 3 aromatic rings. The Morgan fingerprint density at radius 1 is 1.00 bits per heavy atom. The minimum Gasteiger partial charge on any atom is -0.494 e. The molecule has 0 spiro atoms. The fraction of sp³-hybridized carbons (Fsp3) is 0.310. The van der Waals surface area contributed by atoms with Gasteiger partial charge in [0.15, 0.2) is 0 Å². The number of amides is 3. The summed E-state index contributed by atoms with van der Waals surface area (Å²) < 4.78 is 10.6. The number of esters is 1. The van der Waals surface area contributed by atoms with Gasteiger partial charge in [0, 0.05) is 10.4 Å². The van der Waals surface area contributed by atoms with E-state index in [0.717, 1.165) is 15.3 Å². The van der Waals surface area contributed by atoms with E-state index in [0.29, 0.717) is 22.9 Å². The number of carbonyl (C=O) groups is 4. The largest absolute Gasteiger partial charge is 0.494 e. The molecule has 2 heterocycles. The van der Waals surface area contributed by atoms with Gasteiger partial charge in [-0.1, -0.05) is 38.1 Å². The Morgan fingerprint density at radius 3 is 2.13 bits per heavy atom. The molecular weight excluding hydrogens is 504 g/mol. The summed E-state index contributed by atoms with van der Waals surface area (Å²) >= 11 is 1.24. The fourth-order valence-electron chi connectivity index (χ4n) is 4.62. The first-order chi connectivity index (χ1) is 18.2. The molecule has 1 atom stereocenters. The SMILES string of the molecule is CCOc1ccc(-c2c(C)sc(NC(=O)[C@@H](CC(C)C)N3C(=O)c4ccccc4C3=O)c2C(=O)OC)cc1. The van der Waals surface area contributed by atoms with E-state index in [1.54, 1.807) is 24.3 Å². The number of ether oxygens (including phenoxy) is 2. The average molecular weight is 535 g/mol. The normalized spacial score (nSPS) is 13.5. The molecule has 0 unspecified atom stereocenters. The van der Waals surface area contributed by atoms with E-state index in [9.17, 15) is 19.2 Å². The van der Waals surface area contributed by atoms with Gasteiger partial charge in [0.2, 0.25) is 5.91 Å². The summed E-state index contributed by atoms with van der Waals surface area (Å²) in [6.07, 6.45) is 0.265. The zero-order valence-electron chi connectivity index (χ0n) is 22.0. The van der Waals surface area contributed by atoms with E-state index in [1.165, 1.54) is 18.4 Å². The van der Waals surface area contributed by atoms with Crippen LogP contribution < -0.4 is 10.1 Å². The second-order valence-corrected chi connectivity index (χ2v) is 10.6. The lowest BCUT2D eigenvalue weighted by molar-refractivity contribution is -0.120.